The average Bonchev–Trinajstić information content (AvgIpc) is 2.32. The van der Waals surface area contributed by atoms with Gasteiger partial charge in [-0.1, -0.05) is 11.6 Å². The zero-order valence-corrected chi connectivity index (χ0v) is 10.6. The van der Waals surface area contributed by atoms with Gasteiger partial charge in [0.25, 0.3) is 0 Å². The Hall–Kier alpha value is -2.21. The Morgan fingerprint density at radius 2 is 2.21 bits per heavy atom. The lowest BCUT2D eigenvalue weighted by Gasteiger charge is -2.08. The van der Waals surface area contributed by atoms with E-state index in [9.17, 15) is 9.18 Å². The van der Waals surface area contributed by atoms with Crippen molar-refractivity contribution in [2.45, 2.75) is 6.92 Å². The summed E-state index contributed by atoms with van der Waals surface area (Å²) in [5.74, 6) is -1.35. The molecule has 19 heavy (non-hydrogen) atoms. The van der Waals surface area contributed by atoms with Crippen LogP contribution in [0.1, 0.15) is 16.1 Å². The van der Waals surface area contributed by atoms with Crippen LogP contribution in [0.2, 0.25) is 5.02 Å². The van der Waals surface area contributed by atoms with Gasteiger partial charge in [0.05, 0.1) is 22.0 Å². The largest absolute Gasteiger partial charge is 0.478 e. The maximum atomic E-state index is 12.9. The van der Waals surface area contributed by atoms with E-state index in [0.717, 1.165) is 6.07 Å². The molecule has 2 rings (SSSR count). The number of hydrogen-bond donors (Lipinski definition) is 2. The van der Waals surface area contributed by atoms with E-state index in [1.165, 1.54) is 18.3 Å². The van der Waals surface area contributed by atoms with Gasteiger partial charge < -0.3 is 10.4 Å². The highest BCUT2D eigenvalue weighted by Gasteiger charge is 2.10. The number of aromatic nitrogens is 2. The lowest BCUT2D eigenvalue weighted by molar-refractivity contribution is 0.0695. The first-order valence-corrected chi connectivity index (χ1v) is 5.64. The fourth-order valence-corrected chi connectivity index (χ4v) is 1.66. The van der Waals surface area contributed by atoms with Crippen molar-refractivity contribution in [1.82, 2.24) is 9.97 Å². The monoisotopic (exact) mass is 281 g/mol. The minimum Gasteiger partial charge on any atom is -0.478 e. The van der Waals surface area contributed by atoms with Gasteiger partial charge in [-0.3, -0.25) is 0 Å². The van der Waals surface area contributed by atoms with Crippen LogP contribution in [0.25, 0.3) is 0 Å². The van der Waals surface area contributed by atoms with Crippen molar-refractivity contribution in [2.75, 3.05) is 5.32 Å². The predicted molar refractivity (Wildman–Crippen MR) is 68.4 cm³/mol. The molecular formula is C12H9ClFN3O2. The van der Waals surface area contributed by atoms with Crippen LogP contribution in [0.15, 0.2) is 24.4 Å². The van der Waals surface area contributed by atoms with Crippen molar-refractivity contribution in [3.8, 4) is 0 Å². The highest BCUT2D eigenvalue weighted by molar-refractivity contribution is 6.33. The molecule has 0 aliphatic carbocycles. The molecule has 1 heterocycles. The Morgan fingerprint density at radius 1 is 1.47 bits per heavy atom. The molecule has 7 heteroatoms. The first kappa shape index (κ1) is 13.2. The summed E-state index contributed by atoms with van der Waals surface area (Å²) in [6.45, 7) is 1.56. The molecular weight excluding hydrogens is 273 g/mol. The second-order valence-corrected chi connectivity index (χ2v) is 4.15. The third-order valence-electron chi connectivity index (χ3n) is 2.39. The Balaban J connectivity index is 2.29. The zero-order chi connectivity index (χ0) is 14.0. The molecule has 0 saturated heterocycles. The van der Waals surface area contributed by atoms with E-state index in [-0.39, 0.29) is 16.5 Å². The van der Waals surface area contributed by atoms with Crippen LogP contribution >= 0.6 is 11.6 Å². The van der Waals surface area contributed by atoms with Gasteiger partial charge >= 0.3 is 5.97 Å². The van der Waals surface area contributed by atoms with Crippen LogP contribution in [-0.4, -0.2) is 21.0 Å². The van der Waals surface area contributed by atoms with E-state index in [2.05, 4.69) is 15.3 Å². The topological polar surface area (TPSA) is 75.1 Å². The Bertz CT molecular complexity index is 649. The Labute approximate surface area is 113 Å². The second-order valence-electron chi connectivity index (χ2n) is 3.75. The molecule has 0 atom stereocenters. The number of rotatable bonds is 3. The molecule has 0 saturated carbocycles. The highest BCUT2D eigenvalue weighted by atomic mass is 35.5. The summed E-state index contributed by atoms with van der Waals surface area (Å²) < 4.78 is 12.9. The van der Waals surface area contributed by atoms with E-state index in [1.54, 1.807) is 6.92 Å². The molecule has 0 unspecified atom stereocenters. The average molecular weight is 282 g/mol. The van der Waals surface area contributed by atoms with E-state index in [1.807, 2.05) is 0 Å². The number of carbonyl (C=O) groups is 1. The van der Waals surface area contributed by atoms with Gasteiger partial charge in [0.1, 0.15) is 5.82 Å². The van der Waals surface area contributed by atoms with Crippen molar-refractivity contribution < 1.29 is 14.3 Å². The normalized spacial score (nSPS) is 10.3. The van der Waals surface area contributed by atoms with Gasteiger partial charge in [0.2, 0.25) is 5.95 Å². The minimum atomic E-state index is -1.09. The number of aromatic carboxylic acids is 1. The third kappa shape index (κ3) is 2.97. The molecule has 0 bridgehead atoms. The fraction of sp³-hybridized carbons (Fsp3) is 0.0833. The van der Waals surface area contributed by atoms with Crippen LogP contribution in [0.3, 0.4) is 0 Å². The molecule has 5 nitrogen and oxygen atoms in total. The molecule has 2 N–H and O–H groups in total. The number of hydrogen-bond acceptors (Lipinski definition) is 4. The number of halogens is 2. The first-order chi connectivity index (χ1) is 8.97. The van der Waals surface area contributed by atoms with Gasteiger partial charge in [0, 0.05) is 6.20 Å². The van der Waals surface area contributed by atoms with Crippen molar-refractivity contribution in [1.29, 1.82) is 0 Å². The van der Waals surface area contributed by atoms with E-state index in [0.29, 0.717) is 11.4 Å². The van der Waals surface area contributed by atoms with Crippen LogP contribution in [-0.2, 0) is 0 Å². The minimum absolute atomic E-state index is 0.0238. The maximum absolute atomic E-state index is 12.9. The maximum Gasteiger partial charge on any atom is 0.339 e. The summed E-state index contributed by atoms with van der Waals surface area (Å²) in [7, 11) is 0. The Kier molecular flexibility index (Phi) is 3.62. The summed E-state index contributed by atoms with van der Waals surface area (Å²) in [6, 6.07) is 3.84. The summed E-state index contributed by atoms with van der Waals surface area (Å²) in [6.07, 6.45) is 1.20. The number of benzene rings is 1. The predicted octanol–water partition coefficient (Wildman–Crippen LogP) is 3.02. The van der Waals surface area contributed by atoms with Crippen LogP contribution < -0.4 is 5.32 Å². The smallest absolute Gasteiger partial charge is 0.339 e. The molecule has 0 radical (unpaired) electrons. The highest BCUT2D eigenvalue weighted by Crippen LogP contribution is 2.24. The summed E-state index contributed by atoms with van der Waals surface area (Å²) in [5.41, 5.74) is 0.782. The number of nitrogens with one attached hydrogen (secondary N) is 1. The zero-order valence-electron chi connectivity index (χ0n) is 9.82. The van der Waals surface area contributed by atoms with Crippen molar-refractivity contribution in [2.24, 2.45) is 0 Å². The van der Waals surface area contributed by atoms with E-state index in [4.69, 9.17) is 16.7 Å². The van der Waals surface area contributed by atoms with Crippen LogP contribution in [0.4, 0.5) is 16.0 Å². The lowest BCUT2D eigenvalue weighted by Crippen LogP contribution is -2.06. The number of nitrogens with zero attached hydrogens (tertiary/aromatic N) is 2. The quantitative estimate of drug-likeness (QED) is 0.904. The van der Waals surface area contributed by atoms with Gasteiger partial charge in [-0.25, -0.2) is 19.2 Å². The first-order valence-electron chi connectivity index (χ1n) is 5.26. The van der Waals surface area contributed by atoms with Gasteiger partial charge in [0.15, 0.2) is 0 Å². The van der Waals surface area contributed by atoms with Crippen molar-refractivity contribution >= 4 is 29.2 Å². The number of carboxylic acids is 1. The standard InChI is InChI=1S/C12H9ClFN3O2/c1-6-8(11(18)19)5-15-12(16-6)17-10-3-2-7(14)4-9(10)13/h2-5H,1H3,(H,18,19)(H,15,16,17). The van der Waals surface area contributed by atoms with E-state index < -0.39 is 11.8 Å². The molecule has 1 aromatic carbocycles. The van der Waals surface area contributed by atoms with Gasteiger partial charge in [-0.2, -0.15) is 0 Å². The third-order valence-corrected chi connectivity index (χ3v) is 2.70. The number of aryl methyl sites for hydroxylation is 1. The van der Waals surface area contributed by atoms with Gasteiger partial charge in [-0.15, -0.1) is 0 Å². The van der Waals surface area contributed by atoms with E-state index >= 15 is 0 Å². The molecule has 0 amide bonds. The molecule has 1 aromatic heterocycles. The summed E-state index contributed by atoms with van der Waals surface area (Å²) in [4.78, 5) is 18.7. The van der Waals surface area contributed by atoms with Crippen LogP contribution in [0.5, 0.6) is 0 Å². The fourth-order valence-electron chi connectivity index (χ4n) is 1.45. The molecule has 0 aliphatic rings. The SMILES string of the molecule is Cc1nc(Nc2ccc(F)cc2Cl)ncc1C(=O)O. The molecule has 0 spiro atoms. The Morgan fingerprint density at radius 3 is 2.79 bits per heavy atom. The molecule has 0 aliphatic heterocycles. The lowest BCUT2D eigenvalue weighted by atomic mass is 10.2. The number of anilines is 2. The van der Waals surface area contributed by atoms with Crippen molar-refractivity contribution in [3.63, 3.8) is 0 Å². The summed E-state index contributed by atoms with van der Waals surface area (Å²) >= 11 is 5.85. The van der Waals surface area contributed by atoms with Gasteiger partial charge in [-0.05, 0) is 25.1 Å². The molecule has 0 fully saturated rings. The molecule has 98 valence electrons. The summed E-state index contributed by atoms with van der Waals surface area (Å²) in [5, 5.41) is 11.8. The van der Waals surface area contributed by atoms with Crippen molar-refractivity contribution in [3.05, 3.63) is 46.5 Å². The number of carboxylic acid groups (broad SMARTS) is 1. The molecule has 2 aromatic rings. The second kappa shape index (κ2) is 5.19. The van der Waals surface area contributed by atoms with Crippen LogP contribution in [0, 0.1) is 12.7 Å².